The molecule has 2 aromatic carbocycles. The van der Waals surface area contributed by atoms with Crippen LogP contribution >= 0.6 is 11.3 Å². The Labute approximate surface area is 216 Å². The van der Waals surface area contributed by atoms with Crippen LogP contribution in [0.15, 0.2) is 52.7 Å². The average Bonchev–Trinajstić information content (AvgIpc) is 3.29. The Kier molecular flexibility index (Phi) is 7.94. The van der Waals surface area contributed by atoms with Gasteiger partial charge < -0.3 is 9.64 Å². The number of hydrogen-bond donors (Lipinski definition) is 0. The molecule has 36 heavy (non-hydrogen) atoms. The van der Waals surface area contributed by atoms with Crippen LogP contribution in [0.2, 0.25) is 0 Å². The highest BCUT2D eigenvalue weighted by atomic mass is 32.2. The van der Waals surface area contributed by atoms with E-state index in [9.17, 15) is 17.6 Å². The molecule has 1 aliphatic rings. The molecule has 6 nitrogen and oxygen atoms in total. The number of benzene rings is 2. The Balaban J connectivity index is 1.69. The smallest absolute Gasteiger partial charge is 0.244 e. The number of halogens is 1. The van der Waals surface area contributed by atoms with Crippen molar-refractivity contribution in [2.75, 3.05) is 33.4 Å². The minimum atomic E-state index is -3.96. The van der Waals surface area contributed by atoms with Gasteiger partial charge in [-0.1, -0.05) is 29.8 Å². The maximum atomic E-state index is 13.8. The van der Waals surface area contributed by atoms with Gasteiger partial charge in [-0.25, -0.2) is 12.8 Å². The van der Waals surface area contributed by atoms with Gasteiger partial charge >= 0.3 is 0 Å². The third-order valence-corrected chi connectivity index (χ3v) is 9.68. The highest BCUT2D eigenvalue weighted by Gasteiger charge is 2.36. The van der Waals surface area contributed by atoms with Crippen LogP contribution in [0.3, 0.4) is 0 Å². The third-order valence-electron chi connectivity index (χ3n) is 6.53. The summed E-state index contributed by atoms with van der Waals surface area (Å²) >= 11 is 1.64. The van der Waals surface area contributed by atoms with Gasteiger partial charge in [0.2, 0.25) is 15.9 Å². The van der Waals surface area contributed by atoms with E-state index in [0.29, 0.717) is 24.1 Å². The van der Waals surface area contributed by atoms with E-state index >= 15 is 0 Å². The van der Waals surface area contributed by atoms with Crippen LogP contribution in [-0.2, 0) is 26.0 Å². The van der Waals surface area contributed by atoms with Gasteiger partial charge in [-0.15, -0.1) is 11.3 Å². The van der Waals surface area contributed by atoms with Gasteiger partial charge in [0, 0.05) is 25.1 Å². The van der Waals surface area contributed by atoms with Crippen molar-refractivity contribution in [3.63, 3.8) is 0 Å². The van der Waals surface area contributed by atoms with E-state index in [1.165, 1.54) is 28.4 Å². The molecule has 0 bridgehead atoms. The van der Waals surface area contributed by atoms with Crippen molar-refractivity contribution in [3.8, 4) is 0 Å². The summed E-state index contributed by atoms with van der Waals surface area (Å²) < 4.78 is 47.7. The summed E-state index contributed by atoms with van der Waals surface area (Å²) in [6.07, 6.45) is 0.692. The molecule has 0 N–H and O–H groups in total. The highest BCUT2D eigenvalue weighted by molar-refractivity contribution is 7.89. The van der Waals surface area contributed by atoms with Crippen LogP contribution in [-0.4, -0.2) is 56.9 Å². The van der Waals surface area contributed by atoms with E-state index in [4.69, 9.17) is 4.74 Å². The summed E-state index contributed by atoms with van der Waals surface area (Å²) in [5, 5.41) is 1.99. The van der Waals surface area contributed by atoms with Crippen LogP contribution in [0.25, 0.3) is 0 Å². The zero-order valence-corrected chi connectivity index (χ0v) is 22.6. The maximum absolute atomic E-state index is 13.8. The SMILES string of the molecule is COCCN(CC(=O)N1CCc2sccc2C1c1ccc(F)cc1)S(=O)(=O)c1c(C)cc(C)cc1C. The number of rotatable bonds is 8. The minimum Gasteiger partial charge on any atom is -0.383 e. The molecule has 0 spiro atoms. The molecule has 0 saturated heterocycles. The molecule has 1 amide bonds. The van der Waals surface area contributed by atoms with E-state index in [1.54, 1.807) is 42.2 Å². The number of hydrogen-bond acceptors (Lipinski definition) is 5. The monoisotopic (exact) mass is 530 g/mol. The summed E-state index contributed by atoms with van der Waals surface area (Å²) in [6, 6.07) is 11.4. The Morgan fingerprint density at radius 3 is 2.44 bits per heavy atom. The number of carbonyl (C=O) groups excluding carboxylic acids is 1. The standard InChI is InChI=1S/C27H31FN2O4S2/c1-18-15-19(2)27(20(3)16-18)36(32,33)29(12-13-34-4)17-25(31)30-11-9-24-23(10-14-35-24)26(30)21-5-7-22(28)8-6-21/h5-8,10,14-16,26H,9,11-13,17H2,1-4H3. The largest absolute Gasteiger partial charge is 0.383 e. The van der Waals surface area contributed by atoms with Crippen LogP contribution < -0.4 is 0 Å². The molecular formula is C27H31FN2O4S2. The lowest BCUT2D eigenvalue weighted by atomic mass is 9.93. The fourth-order valence-corrected chi connectivity index (χ4v) is 7.70. The molecule has 1 unspecified atom stereocenters. The first kappa shape index (κ1) is 26.5. The first-order valence-electron chi connectivity index (χ1n) is 11.8. The predicted octanol–water partition coefficient (Wildman–Crippen LogP) is 4.62. The Bertz CT molecular complexity index is 1330. The van der Waals surface area contributed by atoms with E-state index in [1.807, 2.05) is 30.5 Å². The maximum Gasteiger partial charge on any atom is 0.244 e. The fraction of sp³-hybridized carbons (Fsp3) is 0.370. The lowest BCUT2D eigenvalue weighted by molar-refractivity contribution is -0.133. The van der Waals surface area contributed by atoms with Crippen molar-refractivity contribution >= 4 is 27.3 Å². The second-order valence-electron chi connectivity index (χ2n) is 9.15. The zero-order chi connectivity index (χ0) is 26.0. The van der Waals surface area contributed by atoms with Gasteiger partial charge in [-0.2, -0.15) is 4.31 Å². The Morgan fingerprint density at radius 1 is 1.14 bits per heavy atom. The third kappa shape index (κ3) is 5.25. The van der Waals surface area contributed by atoms with Crippen molar-refractivity contribution in [2.45, 2.75) is 38.1 Å². The molecule has 1 aliphatic heterocycles. The van der Waals surface area contributed by atoms with Gasteiger partial charge in [-0.3, -0.25) is 4.79 Å². The van der Waals surface area contributed by atoms with Crippen molar-refractivity contribution in [1.82, 2.24) is 9.21 Å². The number of fused-ring (bicyclic) bond motifs is 1. The van der Waals surface area contributed by atoms with Gasteiger partial charge in [0.1, 0.15) is 5.82 Å². The summed E-state index contributed by atoms with van der Waals surface area (Å²) in [5.74, 6) is -0.651. The number of thiophene rings is 1. The lowest BCUT2D eigenvalue weighted by Crippen LogP contribution is -2.47. The predicted molar refractivity (Wildman–Crippen MR) is 139 cm³/mol. The Hall–Kier alpha value is -2.59. The topological polar surface area (TPSA) is 66.9 Å². The summed E-state index contributed by atoms with van der Waals surface area (Å²) in [7, 11) is -2.46. The van der Waals surface area contributed by atoms with E-state index in [2.05, 4.69) is 0 Å². The summed E-state index contributed by atoms with van der Waals surface area (Å²) in [4.78, 5) is 16.9. The van der Waals surface area contributed by atoms with Gasteiger partial charge in [-0.05, 0) is 73.0 Å². The molecule has 192 valence electrons. The van der Waals surface area contributed by atoms with Crippen LogP contribution in [0.4, 0.5) is 4.39 Å². The molecule has 1 atom stereocenters. The zero-order valence-electron chi connectivity index (χ0n) is 21.0. The number of aryl methyl sites for hydroxylation is 3. The quantitative estimate of drug-likeness (QED) is 0.426. The van der Waals surface area contributed by atoms with Crippen LogP contribution in [0.5, 0.6) is 0 Å². The fourth-order valence-electron chi connectivity index (χ4n) is 5.01. The molecule has 1 aromatic heterocycles. The molecule has 0 aliphatic carbocycles. The van der Waals surface area contributed by atoms with Crippen LogP contribution in [0.1, 0.15) is 38.7 Å². The number of sulfonamides is 1. The number of carbonyl (C=O) groups is 1. The first-order valence-corrected chi connectivity index (χ1v) is 14.1. The summed E-state index contributed by atoms with van der Waals surface area (Å²) in [6.45, 7) is 5.83. The Morgan fingerprint density at radius 2 is 1.81 bits per heavy atom. The number of amides is 1. The van der Waals surface area contributed by atoms with E-state index < -0.39 is 16.1 Å². The van der Waals surface area contributed by atoms with Crippen molar-refractivity contribution in [2.24, 2.45) is 0 Å². The average molecular weight is 531 g/mol. The van der Waals surface area contributed by atoms with E-state index in [-0.39, 0.29) is 36.3 Å². The second kappa shape index (κ2) is 10.8. The lowest BCUT2D eigenvalue weighted by Gasteiger charge is -2.37. The summed E-state index contributed by atoms with van der Waals surface area (Å²) in [5.41, 5.74) is 4.06. The van der Waals surface area contributed by atoms with Crippen LogP contribution in [0, 0.1) is 26.6 Å². The number of methoxy groups -OCH3 is 1. The second-order valence-corrected chi connectivity index (χ2v) is 12.0. The van der Waals surface area contributed by atoms with Gasteiger partial charge in [0.15, 0.2) is 0 Å². The molecule has 0 fully saturated rings. The van der Waals surface area contributed by atoms with Crippen molar-refractivity contribution < 1.29 is 22.3 Å². The normalized spacial score (nSPS) is 15.8. The molecular weight excluding hydrogens is 499 g/mol. The molecule has 9 heteroatoms. The first-order chi connectivity index (χ1) is 17.1. The molecule has 0 saturated carbocycles. The highest BCUT2D eigenvalue weighted by Crippen LogP contribution is 2.38. The molecule has 0 radical (unpaired) electrons. The molecule has 4 rings (SSSR count). The molecule has 2 heterocycles. The van der Waals surface area contributed by atoms with Gasteiger partial charge in [0.25, 0.3) is 0 Å². The number of nitrogens with zero attached hydrogens (tertiary/aromatic N) is 2. The van der Waals surface area contributed by atoms with Crippen molar-refractivity contribution in [1.29, 1.82) is 0 Å². The van der Waals surface area contributed by atoms with E-state index in [0.717, 1.165) is 16.7 Å². The number of ether oxygens (including phenoxy) is 1. The minimum absolute atomic E-state index is 0.0517. The van der Waals surface area contributed by atoms with Gasteiger partial charge in [0.05, 0.1) is 24.1 Å². The molecule has 3 aromatic rings. The van der Waals surface area contributed by atoms with Crippen molar-refractivity contribution in [3.05, 3.63) is 86.4 Å².